The molecule has 2 rings (SSSR count). The Balaban J connectivity index is 2.19. The third-order valence-corrected chi connectivity index (χ3v) is 3.65. The lowest BCUT2D eigenvalue weighted by molar-refractivity contribution is 0.370. The van der Waals surface area contributed by atoms with Crippen LogP contribution in [0.15, 0.2) is 48.5 Å². The Morgan fingerprint density at radius 3 is 2.00 bits per heavy atom. The van der Waals surface area contributed by atoms with Crippen molar-refractivity contribution in [3.05, 3.63) is 59.7 Å². The van der Waals surface area contributed by atoms with Gasteiger partial charge in [-0.05, 0) is 42.3 Å². The summed E-state index contributed by atoms with van der Waals surface area (Å²) in [4.78, 5) is 0. The van der Waals surface area contributed by atoms with E-state index in [1.54, 1.807) is 19.1 Å². The summed E-state index contributed by atoms with van der Waals surface area (Å²) < 4.78 is 5.53. The van der Waals surface area contributed by atoms with Crippen LogP contribution in [-0.4, -0.2) is 11.7 Å². The zero-order chi connectivity index (χ0) is 15.3. The van der Waals surface area contributed by atoms with Crippen LogP contribution in [0.25, 0.3) is 0 Å². The zero-order valence-electron chi connectivity index (χ0n) is 12.7. The first-order valence-electron chi connectivity index (χ1n) is 6.96. The highest BCUT2D eigenvalue weighted by molar-refractivity contribution is 5.41. The molecule has 0 unspecified atom stereocenters. The summed E-state index contributed by atoms with van der Waals surface area (Å²) in [6.45, 7) is 6.54. The van der Waals surface area contributed by atoms with Crippen LogP contribution in [0, 0.1) is 11.8 Å². The summed E-state index contributed by atoms with van der Waals surface area (Å²) in [5.74, 6) is 6.79. The van der Waals surface area contributed by atoms with Crippen LogP contribution in [0.5, 0.6) is 11.5 Å². The monoisotopic (exact) mass is 280 g/mol. The van der Waals surface area contributed by atoms with Crippen LogP contribution in [-0.2, 0) is 5.41 Å². The molecule has 0 bridgehead atoms. The van der Waals surface area contributed by atoms with Crippen molar-refractivity contribution in [3.63, 3.8) is 0 Å². The van der Waals surface area contributed by atoms with Crippen LogP contribution in [0.4, 0.5) is 0 Å². The first-order chi connectivity index (χ1) is 10.0. The third kappa shape index (κ3) is 3.58. The molecule has 0 aliphatic rings. The fourth-order valence-electron chi connectivity index (χ4n) is 2.20. The molecule has 0 saturated carbocycles. The lowest BCUT2D eigenvalue weighted by atomic mass is 9.78. The number of ether oxygens (including phenoxy) is 1. The Bertz CT molecular complexity index is 641. The van der Waals surface area contributed by atoms with Gasteiger partial charge in [-0.1, -0.05) is 44.0 Å². The summed E-state index contributed by atoms with van der Waals surface area (Å²) >= 11 is 0. The zero-order valence-corrected chi connectivity index (χ0v) is 12.7. The average molecular weight is 280 g/mol. The topological polar surface area (TPSA) is 29.5 Å². The van der Waals surface area contributed by atoms with E-state index >= 15 is 0 Å². The van der Waals surface area contributed by atoms with E-state index in [2.05, 4.69) is 37.8 Å². The smallest absolute Gasteiger partial charge is 0.149 e. The molecule has 0 aliphatic carbocycles. The Labute approximate surface area is 126 Å². The summed E-state index contributed by atoms with van der Waals surface area (Å²) in [6.07, 6.45) is 0. The van der Waals surface area contributed by atoms with Crippen molar-refractivity contribution in [2.45, 2.75) is 26.2 Å². The Morgan fingerprint density at radius 1 is 0.952 bits per heavy atom. The van der Waals surface area contributed by atoms with Gasteiger partial charge in [-0.3, -0.25) is 0 Å². The molecule has 0 aromatic heterocycles. The predicted octanol–water partition coefficient (Wildman–Crippen LogP) is 4.12. The summed E-state index contributed by atoms with van der Waals surface area (Å²) in [6, 6.07) is 15.4. The van der Waals surface area contributed by atoms with E-state index in [9.17, 15) is 5.11 Å². The number of hydrogen-bond donors (Lipinski definition) is 1. The van der Waals surface area contributed by atoms with Gasteiger partial charge < -0.3 is 9.84 Å². The first kappa shape index (κ1) is 15.0. The maximum atomic E-state index is 9.40. The quantitative estimate of drug-likeness (QED) is 0.854. The molecule has 21 heavy (non-hydrogen) atoms. The van der Waals surface area contributed by atoms with Gasteiger partial charge in [0.1, 0.15) is 18.1 Å². The summed E-state index contributed by atoms with van der Waals surface area (Å²) in [7, 11) is 0. The van der Waals surface area contributed by atoms with Crippen molar-refractivity contribution in [3.8, 4) is 23.3 Å². The number of rotatable bonds is 4. The van der Waals surface area contributed by atoms with Gasteiger partial charge in [0.25, 0.3) is 0 Å². The molecule has 0 spiro atoms. The minimum absolute atomic E-state index is 0.130. The van der Waals surface area contributed by atoms with Crippen LogP contribution in [0.1, 0.15) is 31.9 Å². The SMILES string of the molecule is CC#CCOc1ccc(C(C)(C)c2ccc(O)cc2)cc1. The van der Waals surface area contributed by atoms with Gasteiger partial charge in [-0.2, -0.15) is 0 Å². The molecular formula is C19H20O2. The molecule has 0 atom stereocenters. The second-order valence-electron chi connectivity index (χ2n) is 5.41. The number of benzene rings is 2. The van der Waals surface area contributed by atoms with Crippen molar-refractivity contribution in [1.29, 1.82) is 0 Å². The second kappa shape index (κ2) is 6.37. The largest absolute Gasteiger partial charge is 0.508 e. The van der Waals surface area contributed by atoms with Crippen molar-refractivity contribution in [1.82, 2.24) is 0 Å². The molecule has 0 fully saturated rings. The maximum Gasteiger partial charge on any atom is 0.149 e. The van der Waals surface area contributed by atoms with Gasteiger partial charge in [0, 0.05) is 5.41 Å². The predicted molar refractivity (Wildman–Crippen MR) is 85.6 cm³/mol. The molecule has 0 aliphatic heterocycles. The lowest BCUT2D eigenvalue weighted by Gasteiger charge is -2.26. The molecule has 0 amide bonds. The highest BCUT2D eigenvalue weighted by atomic mass is 16.5. The van der Waals surface area contributed by atoms with Gasteiger partial charge in [-0.25, -0.2) is 0 Å². The van der Waals surface area contributed by atoms with Gasteiger partial charge in [0.15, 0.2) is 0 Å². The van der Waals surface area contributed by atoms with E-state index in [4.69, 9.17) is 4.74 Å². The molecular weight excluding hydrogens is 260 g/mol. The van der Waals surface area contributed by atoms with Crippen molar-refractivity contribution < 1.29 is 9.84 Å². The Kier molecular flexibility index (Phi) is 4.55. The normalized spacial score (nSPS) is 10.6. The van der Waals surface area contributed by atoms with E-state index in [-0.39, 0.29) is 11.2 Å². The van der Waals surface area contributed by atoms with Gasteiger partial charge in [0.2, 0.25) is 0 Å². The van der Waals surface area contributed by atoms with Crippen LogP contribution in [0.3, 0.4) is 0 Å². The maximum absolute atomic E-state index is 9.40. The highest BCUT2D eigenvalue weighted by Gasteiger charge is 2.22. The third-order valence-electron chi connectivity index (χ3n) is 3.65. The number of aromatic hydroxyl groups is 1. The van der Waals surface area contributed by atoms with Gasteiger partial charge in [0.05, 0.1) is 0 Å². The standard InChI is InChI=1S/C19H20O2/c1-4-5-14-21-18-12-8-16(9-13-18)19(2,3)15-6-10-17(20)11-7-15/h6-13,20H,14H2,1-3H3. The molecule has 2 heteroatoms. The van der Waals surface area contributed by atoms with E-state index in [0.29, 0.717) is 6.61 Å². The van der Waals surface area contributed by atoms with Crippen molar-refractivity contribution in [2.24, 2.45) is 0 Å². The number of phenols is 1. The second-order valence-corrected chi connectivity index (χ2v) is 5.41. The van der Waals surface area contributed by atoms with E-state index in [1.165, 1.54) is 5.56 Å². The first-order valence-corrected chi connectivity index (χ1v) is 6.96. The molecule has 0 saturated heterocycles. The summed E-state index contributed by atoms with van der Waals surface area (Å²) in [5.41, 5.74) is 2.23. The number of phenolic OH excluding ortho intramolecular Hbond substituents is 1. The van der Waals surface area contributed by atoms with Crippen LogP contribution < -0.4 is 4.74 Å². The fourth-order valence-corrected chi connectivity index (χ4v) is 2.20. The van der Waals surface area contributed by atoms with E-state index < -0.39 is 0 Å². The van der Waals surface area contributed by atoms with Crippen molar-refractivity contribution in [2.75, 3.05) is 6.61 Å². The molecule has 0 radical (unpaired) electrons. The van der Waals surface area contributed by atoms with E-state index in [1.807, 2.05) is 24.3 Å². The Morgan fingerprint density at radius 2 is 1.48 bits per heavy atom. The molecule has 2 aromatic carbocycles. The fraction of sp³-hybridized carbons (Fsp3) is 0.263. The van der Waals surface area contributed by atoms with Gasteiger partial charge in [-0.15, -0.1) is 5.92 Å². The van der Waals surface area contributed by atoms with Gasteiger partial charge >= 0.3 is 0 Å². The Hall–Kier alpha value is -2.40. The van der Waals surface area contributed by atoms with E-state index in [0.717, 1.165) is 11.3 Å². The molecule has 108 valence electrons. The number of hydrogen-bond acceptors (Lipinski definition) is 2. The molecule has 1 N–H and O–H groups in total. The summed E-state index contributed by atoms with van der Waals surface area (Å²) in [5, 5.41) is 9.40. The average Bonchev–Trinajstić information content (AvgIpc) is 2.48. The van der Waals surface area contributed by atoms with Crippen molar-refractivity contribution >= 4 is 0 Å². The molecule has 2 nitrogen and oxygen atoms in total. The van der Waals surface area contributed by atoms with Crippen LogP contribution >= 0.6 is 0 Å². The van der Waals surface area contributed by atoms with Crippen LogP contribution in [0.2, 0.25) is 0 Å². The minimum atomic E-state index is -0.130. The molecule has 2 aromatic rings. The molecule has 0 heterocycles. The minimum Gasteiger partial charge on any atom is -0.508 e. The highest BCUT2D eigenvalue weighted by Crippen LogP contribution is 2.33. The lowest BCUT2D eigenvalue weighted by Crippen LogP contribution is -2.18.